The Labute approximate surface area is 194 Å². The van der Waals surface area contributed by atoms with Crippen molar-refractivity contribution >= 4 is 23.4 Å². The van der Waals surface area contributed by atoms with E-state index >= 15 is 0 Å². The molecule has 0 saturated carbocycles. The zero-order valence-electron chi connectivity index (χ0n) is 18.0. The third kappa shape index (κ3) is 6.69. The number of halogens is 4. The normalized spacial score (nSPS) is 16.5. The molecule has 1 atom stereocenters. The number of carbonyl (C=O) groups excluding carboxylic acids is 2. The summed E-state index contributed by atoms with van der Waals surface area (Å²) in [4.78, 5) is 28.9. The molecule has 1 aliphatic rings. The Hall–Kier alpha value is -2.62. The molecule has 2 amide bonds. The van der Waals surface area contributed by atoms with Crippen molar-refractivity contribution < 1.29 is 32.2 Å². The van der Waals surface area contributed by atoms with E-state index in [1.807, 2.05) is 0 Å². The second kappa shape index (κ2) is 11.0. The van der Waals surface area contributed by atoms with E-state index in [1.54, 1.807) is 29.2 Å². The number of morpholine rings is 1. The minimum absolute atomic E-state index is 0.127. The molecule has 2 aromatic carbocycles. The van der Waals surface area contributed by atoms with E-state index in [0.717, 1.165) is 24.3 Å². The van der Waals surface area contributed by atoms with Gasteiger partial charge in [-0.3, -0.25) is 9.59 Å². The lowest BCUT2D eigenvalue weighted by molar-refractivity contribution is -0.137. The van der Waals surface area contributed by atoms with Crippen molar-refractivity contribution in [3.8, 4) is 0 Å². The Kier molecular flexibility index (Phi) is 8.34. The molecule has 0 bridgehead atoms. The maximum absolute atomic E-state index is 13.0. The summed E-state index contributed by atoms with van der Waals surface area (Å²) in [7, 11) is 1.49. The third-order valence-corrected chi connectivity index (χ3v) is 5.47. The van der Waals surface area contributed by atoms with Crippen LogP contribution < -0.4 is 0 Å². The van der Waals surface area contributed by atoms with Crippen molar-refractivity contribution in [2.24, 2.45) is 0 Å². The van der Waals surface area contributed by atoms with Gasteiger partial charge < -0.3 is 19.3 Å². The molecular formula is C23H24ClF3N2O4. The number of ether oxygens (including phenoxy) is 2. The van der Waals surface area contributed by atoms with Crippen molar-refractivity contribution in [2.75, 3.05) is 46.5 Å². The van der Waals surface area contributed by atoms with Gasteiger partial charge in [0.1, 0.15) is 0 Å². The summed E-state index contributed by atoms with van der Waals surface area (Å²) >= 11 is 5.99. The highest BCUT2D eigenvalue weighted by Gasteiger charge is 2.31. The Morgan fingerprint density at radius 2 is 1.91 bits per heavy atom. The summed E-state index contributed by atoms with van der Waals surface area (Å²) in [6, 6.07) is 10.7. The van der Waals surface area contributed by atoms with E-state index in [0.29, 0.717) is 23.7 Å². The highest BCUT2D eigenvalue weighted by molar-refractivity contribution is 6.30. The molecule has 0 spiro atoms. The van der Waals surface area contributed by atoms with E-state index in [4.69, 9.17) is 21.1 Å². The van der Waals surface area contributed by atoms with Gasteiger partial charge in [-0.05, 0) is 42.5 Å². The predicted octanol–water partition coefficient (Wildman–Crippen LogP) is 3.99. The number of nitrogens with zero attached hydrogens (tertiary/aromatic N) is 2. The van der Waals surface area contributed by atoms with Gasteiger partial charge in [0.05, 0.1) is 24.9 Å². The maximum Gasteiger partial charge on any atom is 0.416 e. The van der Waals surface area contributed by atoms with Gasteiger partial charge in [-0.2, -0.15) is 13.2 Å². The smallest absolute Gasteiger partial charge is 0.383 e. The van der Waals surface area contributed by atoms with Gasteiger partial charge in [-0.15, -0.1) is 0 Å². The molecule has 0 aliphatic carbocycles. The molecule has 33 heavy (non-hydrogen) atoms. The van der Waals surface area contributed by atoms with Crippen LogP contribution in [0.2, 0.25) is 5.02 Å². The van der Waals surface area contributed by atoms with Crippen molar-refractivity contribution in [2.45, 2.75) is 12.3 Å². The van der Waals surface area contributed by atoms with Crippen LogP contribution in [0.25, 0.3) is 0 Å². The topological polar surface area (TPSA) is 59.1 Å². The van der Waals surface area contributed by atoms with Crippen LogP contribution in [0.1, 0.15) is 26.3 Å². The number of hydrogen-bond donors (Lipinski definition) is 0. The van der Waals surface area contributed by atoms with Crippen molar-refractivity contribution in [3.05, 3.63) is 70.2 Å². The fourth-order valence-electron chi connectivity index (χ4n) is 3.53. The Balaban J connectivity index is 1.70. The highest BCUT2D eigenvalue weighted by atomic mass is 35.5. The second-order valence-electron chi connectivity index (χ2n) is 7.57. The largest absolute Gasteiger partial charge is 0.416 e. The molecule has 10 heteroatoms. The minimum Gasteiger partial charge on any atom is -0.383 e. The van der Waals surface area contributed by atoms with Crippen LogP contribution >= 0.6 is 11.6 Å². The molecule has 0 aromatic heterocycles. The number of carbonyl (C=O) groups is 2. The van der Waals surface area contributed by atoms with Crippen LogP contribution in [0.3, 0.4) is 0 Å². The lowest BCUT2D eigenvalue weighted by Crippen LogP contribution is -2.51. The summed E-state index contributed by atoms with van der Waals surface area (Å²) < 4.78 is 49.4. The zero-order valence-corrected chi connectivity index (χ0v) is 18.7. The number of rotatable bonds is 7. The predicted molar refractivity (Wildman–Crippen MR) is 116 cm³/mol. The minimum atomic E-state index is -4.48. The fraction of sp³-hybridized carbons (Fsp3) is 0.391. The average Bonchev–Trinajstić information content (AvgIpc) is 2.80. The van der Waals surface area contributed by atoms with Crippen LogP contribution in [-0.2, 0) is 15.7 Å². The van der Waals surface area contributed by atoms with Crippen LogP contribution in [0.4, 0.5) is 13.2 Å². The second-order valence-corrected chi connectivity index (χ2v) is 8.01. The highest BCUT2D eigenvalue weighted by Crippen LogP contribution is 2.29. The molecule has 0 radical (unpaired) electrons. The van der Waals surface area contributed by atoms with Gasteiger partial charge >= 0.3 is 6.18 Å². The van der Waals surface area contributed by atoms with Crippen LogP contribution in [0, 0.1) is 0 Å². The van der Waals surface area contributed by atoms with Crippen LogP contribution in [0.15, 0.2) is 48.5 Å². The molecule has 3 rings (SSSR count). The van der Waals surface area contributed by atoms with Gasteiger partial charge in [-0.1, -0.05) is 17.7 Å². The molecule has 1 heterocycles. The lowest BCUT2D eigenvalue weighted by Gasteiger charge is -2.36. The molecular weight excluding hydrogens is 461 g/mol. The summed E-state index contributed by atoms with van der Waals surface area (Å²) in [5.41, 5.74) is -0.240. The molecule has 6 nitrogen and oxygen atoms in total. The Bertz CT molecular complexity index is 969. The molecule has 178 valence electrons. The van der Waals surface area contributed by atoms with E-state index in [-0.39, 0.29) is 37.7 Å². The SMILES string of the molecule is COCCN(CC1CN(C(=O)c2cccc(Cl)c2)CCO1)C(=O)c1ccc(C(F)(F)F)cc1. The van der Waals surface area contributed by atoms with Gasteiger partial charge in [-0.25, -0.2) is 0 Å². The summed E-state index contributed by atoms with van der Waals surface area (Å²) in [5.74, 6) is -0.633. The summed E-state index contributed by atoms with van der Waals surface area (Å²) in [5, 5.41) is 0.457. The number of hydrogen-bond acceptors (Lipinski definition) is 4. The summed E-state index contributed by atoms with van der Waals surface area (Å²) in [6.45, 7) is 1.57. The van der Waals surface area contributed by atoms with Crippen molar-refractivity contribution in [3.63, 3.8) is 0 Å². The Morgan fingerprint density at radius 1 is 1.18 bits per heavy atom. The van der Waals surface area contributed by atoms with E-state index in [1.165, 1.54) is 12.0 Å². The van der Waals surface area contributed by atoms with E-state index in [9.17, 15) is 22.8 Å². The lowest BCUT2D eigenvalue weighted by atomic mass is 10.1. The van der Waals surface area contributed by atoms with Gasteiger partial charge in [0.25, 0.3) is 11.8 Å². The molecule has 1 aliphatic heterocycles. The average molecular weight is 485 g/mol. The molecule has 1 unspecified atom stereocenters. The first-order valence-electron chi connectivity index (χ1n) is 10.3. The van der Waals surface area contributed by atoms with Gasteiger partial charge in [0.15, 0.2) is 0 Å². The fourth-order valence-corrected chi connectivity index (χ4v) is 3.72. The first kappa shape index (κ1) is 25.0. The summed E-state index contributed by atoms with van der Waals surface area (Å²) in [6.07, 6.45) is -4.94. The number of methoxy groups -OCH3 is 1. The molecule has 0 N–H and O–H groups in total. The molecule has 1 saturated heterocycles. The molecule has 1 fully saturated rings. The van der Waals surface area contributed by atoms with Crippen LogP contribution in [-0.4, -0.2) is 74.2 Å². The standard InChI is InChI=1S/C23H24ClF3N2O4/c1-32-11-9-28(21(30)16-5-7-18(8-6-16)23(25,26)27)14-20-15-29(10-12-33-20)22(31)17-3-2-4-19(24)13-17/h2-8,13,20H,9-12,14-15H2,1H3. The number of benzene rings is 2. The van der Waals surface area contributed by atoms with E-state index < -0.39 is 23.8 Å². The quantitative estimate of drug-likeness (QED) is 0.596. The van der Waals surface area contributed by atoms with Crippen molar-refractivity contribution in [1.82, 2.24) is 9.80 Å². The Morgan fingerprint density at radius 3 is 2.55 bits per heavy atom. The third-order valence-electron chi connectivity index (χ3n) is 5.23. The number of alkyl halides is 3. The van der Waals surface area contributed by atoms with Gasteiger partial charge in [0.2, 0.25) is 0 Å². The monoisotopic (exact) mass is 484 g/mol. The molecule has 2 aromatic rings. The maximum atomic E-state index is 13.0. The van der Waals surface area contributed by atoms with Crippen LogP contribution in [0.5, 0.6) is 0 Å². The first-order chi connectivity index (χ1) is 15.7. The first-order valence-corrected chi connectivity index (χ1v) is 10.7. The number of amides is 2. The zero-order chi connectivity index (χ0) is 24.0. The van der Waals surface area contributed by atoms with E-state index in [2.05, 4.69) is 0 Å². The van der Waals surface area contributed by atoms with Crippen molar-refractivity contribution in [1.29, 1.82) is 0 Å². The van der Waals surface area contributed by atoms with Gasteiger partial charge in [0, 0.05) is 49.4 Å².